The first-order chi connectivity index (χ1) is 13.9. The summed E-state index contributed by atoms with van der Waals surface area (Å²) < 4.78 is 29.0. The molecule has 1 heterocycles. The third kappa shape index (κ3) is 5.81. The summed E-state index contributed by atoms with van der Waals surface area (Å²) in [6.45, 7) is 2.61. The summed E-state index contributed by atoms with van der Waals surface area (Å²) in [5, 5.41) is 1.20. The molecule has 1 aliphatic rings. The van der Waals surface area contributed by atoms with Gasteiger partial charge in [0.2, 0.25) is 15.9 Å². The van der Waals surface area contributed by atoms with E-state index in [0.717, 1.165) is 24.1 Å². The fraction of sp³-hybridized carbons (Fsp3) is 0.409. The van der Waals surface area contributed by atoms with E-state index in [9.17, 15) is 13.2 Å². The van der Waals surface area contributed by atoms with Crippen molar-refractivity contribution in [3.63, 3.8) is 0 Å². The first-order valence-corrected chi connectivity index (χ1v) is 11.5. The van der Waals surface area contributed by atoms with Crippen molar-refractivity contribution >= 4 is 22.0 Å². The minimum atomic E-state index is -3.69. The highest BCUT2D eigenvalue weighted by Crippen LogP contribution is 2.29. The van der Waals surface area contributed by atoms with E-state index in [1.54, 1.807) is 6.08 Å². The van der Waals surface area contributed by atoms with Gasteiger partial charge in [0.15, 0.2) is 0 Å². The highest BCUT2D eigenvalue weighted by atomic mass is 32.2. The highest BCUT2D eigenvalue weighted by molar-refractivity contribution is 7.92. The van der Waals surface area contributed by atoms with Gasteiger partial charge in [-0.1, -0.05) is 37.3 Å². The summed E-state index contributed by atoms with van der Waals surface area (Å²) in [5.74, 6) is -0.140. The van der Waals surface area contributed by atoms with Crippen LogP contribution in [0.25, 0.3) is 6.08 Å². The number of sulfonamides is 1. The van der Waals surface area contributed by atoms with Crippen LogP contribution in [0.2, 0.25) is 0 Å². The summed E-state index contributed by atoms with van der Waals surface area (Å²) in [6, 6.07) is 13.4. The van der Waals surface area contributed by atoms with Crippen LogP contribution in [0.3, 0.4) is 0 Å². The monoisotopic (exact) mass is 415 g/mol. The van der Waals surface area contributed by atoms with Gasteiger partial charge in [0.1, 0.15) is 0 Å². The molecule has 3 rings (SSSR count). The van der Waals surface area contributed by atoms with E-state index in [-0.39, 0.29) is 18.5 Å². The maximum absolute atomic E-state index is 13.1. The molecule has 0 N–H and O–H groups in total. The molecular formula is C22H29N3O3S. The van der Waals surface area contributed by atoms with Gasteiger partial charge in [0.25, 0.3) is 0 Å². The fourth-order valence-electron chi connectivity index (χ4n) is 3.24. The molecule has 0 radical (unpaired) electrons. The number of carbonyl (C=O) groups excluding carboxylic acids is 1. The van der Waals surface area contributed by atoms with Crippen LogP contribution in [0, 0.1) is 0 Å². The van der Waals surface area contributed by atoms with Crippen molar-refractivity contribution in [2.24, 2.45) is 7.05 Å². The maximum Gasteiger partial charge on any atom is 0.238 e. The molecule has 2 aromatic rings. The number of aromatic nitrogens is 1. The molecule has 1 amide bonds. The van der Waals surface area contributed by atoms with Gasteiger partial charge in [-0.25, -0.2) is 8.42 Å². The molecule has 1 aromatic heterocycles. The van der Waals surface area contributed by atoms with Crippen molar-refractivity contribution in [1.29, 1.82) is 0 Å². The maximum atomic E-state index is 13.1. The molecule has 1 aliphatic carbocycles. The number of aryl methyl sites for hydroxylation is 1. The van der Waals surface area contributed by atoms with Crippen LogP contribution in [0.15, 0.2) is 54.1 Å². The minimum Gasteiger partial charge on any atom is -0.353 e. The van der Waals surface area contributed by atoms with Crippen LogP contribution < -0.4 is 0 Å². The molecule has 0 saturated heterocycles. The summed E-state index contributed by atoms with van der Waals surface area (Å²) >= 11 is 0. The van der Waals surface area contributed by atoms with E-state index < -0.39 is 10.0 Å². The lowest BCUT2D eigenvalue weighted by atomic mass is 10.2. The average molecular weight is 416 g/mol. The molecule has 156 valence electrons. The van der Waals surface area contributed by atoms with Crippen LogP contribution in [0.5, 0.6) is 0 Å². The van der Waals surface area contributed by atoms with Gasteiger partial charge in [0.05, 0.1) is 13.1 Å². The van der Waals surface area contributed by atoms with Crippen LogP contribution in [0.1, 0.15) is 37.4 Å². The average Bonchev–Trinajstić information content (AvgIpc) is 3.47. The van der Waals surface area contributed by atoms with E-state index in [1.807, 2.05) is 72.1 Å². The molecule has 1 saturated carbocycles. The second-order valence-corrected chi connectivity index (χ2v) is 9.27. The third-order valence-electron chi connectivity index (χ3n) is 5.07. The zero-order valence-electron chi connectivity index (χ0n) is 17.1. The standard InChI is InChI=1S/C22H29N3O3S/c1-3-14-24(29(27,28)16-13-19-8-5-4-6-9-19)18-22(26)25(20-11-12-20)17-21-10-7-15-23(21)2/h4-10,13,15-16,20H,3,11-12,14,17-18H2,1-2H3/b16-13+. The van der Waals surface area contributed by atoms with Crippen LogP contribution >= 0.6 is 0 Å². The summed E-state index contributed by atoms with van der Waals surface area (Å²) in [5.41, 5.74) is 1.85. The molecule has 1 fully saturated rings. The van der Waals surface area contributed by atoms with Crippen molar-refractivity contribution in [2.45, 2.75) is 38.8 Å². The first kappa shape index (κ1) is 21.3. The van der Waals surface area contributed by atoms with Gasteiger partial charge in [-0.05, 0) is 43.0 Å². The van der Waals surface area contributed by atoms with Gasteiger partial charge in [0, 0.05) is 36.9 Å². The number of carbonyl (C=O) groups is 1. The van der Waals surface area contributed by atoms with Crippen molar-refractivity contribution in [2.75, 3.05) is 13.1 Å². The van der Waals surface area contributed by atoms with Crippen LogP contribution in [-0.4, -0.2) is 47.2 Å². The van der Waals surface area contributed by atoms with Gasteiger partial charge in [-0.3, -0.25) is 4.79 Å². The van der Waals surface area contributed by atoms with E-state index in [1.165, 1.54) is 9.71 Å². The molecule has 0 spiro atoms. The minimum absolute atomic E-state index is 0.129. The van der Waals surface area contributed by atoms with Gasteiger partial charge in [-0.15, -0.1) is 0 Å². The number of hydrogen-bond donors (Lipinski definition) is 0. The van der Waals surface area contributed by atoms with Crippen LogP contribution in [-0.2, 0) is 28.4 Å². The Bertz CT molecular complexity index is 947. The van der Waals surface area contributed by atoms with E-state index in [0.29, 0.717) is 19.5 Å². The zero-order chi connectivity index (χ0) is 20.9. The predicted octanol–water partition coefficient (Wildman–Crippen LogP) is 3.23. The number of benzene rings is 1. The largest absolute Gasteiger partial charge is 0.353 e. The molecule has 1 aromatic carbocycles. The Hall–Kier alpha value is -2.38. The van der Waals surface area contributed by atoms with E-state index >= 15 is 0 Å². The summed E-state index contributed by atoms with van der Waals surface area (Å²) in [4.78, 5) is 14.9. The van der Waals surface area contributed by atoms with Gasteiger partial charge < -0.3 is 9.47 Å². The van der Waals surface area contributed by atoms with Crippen molar-refractivity contribution < 1.29 is 13.2 Å². The second-order valence-electron chi connectivity index (χ2n) is 7.46. The highest BCUT2D eigenvalue weighted by Gasteiger charge is 2.34. The molecule has 7 heteroatoms. The predicted molar refractivity (Wildman–Crippen MR) is 115 cm³/mol. The Kier molecular flexibility index (Phi) is 6.92. The lowest BCUT2D eigenvalue weighted by Gasteiger charge is -2.26. The number of hydrogen-bond acceptors (Lipinski definition) is 3. The van der Waals surface area contributed by atoms with Crippen molar-refractivity contribution in [3.05, 3.63) is 65.3 Å². The molecule has 6 nitrogen and oxygen atoms in total. The Morgan fingerprint density at radius 1 is 1.17 bits per heavy atom. The second kappa shape index (κ2) is 9.41. The lowest BCUT2D eigenvalue weighted by molar-refractivity contribution is -0.132. The Balaban J connectivity index is 1.73. The van der Waals surface area contributed by atoms with E-state index in [4.69, 9.17) is 0 Å². The number of amides is 1. The number of rotatable bonds is 10. The molecule has 0 atom stereocenters. The Morgan fingerprint density at radius 2 is 1.90 bits per heavy atom. The lowest BCUT2D eigenvalue weighted by Crippen LogP contribution is -2.43. The first-order valence-electron chi connectivity index (χ1n) is 10.0. The fourth-order valence-corrected chi connectivity index (χ4v) is 4.47. The number of nitrogens with zero attached hydrogens (tertiary/aromatic N) is 3. The normalized spacial score (nSPS) is 14.6. The summed E-state index contributed by atoms with van der Waals surface area (Å²) in [6.07, 6.45) is 6.13. The van der Waals surface area contributed by atoms with Gasteiger partial charge in [-0.2, -0.15) is 4.31 Å². The zero-order valence-corrected chi connectivity index (χ0v) is 17.9. The molecular weight excluding hydrogens is 386 g/mol. The van der Waals surface area contributed by atoms with Crippen molar-refractivity contribution in [3.8, 4) is 0 Å². The molecule has 29 heavy (non-hydrogen) atoms. The smallest absolute Gasteiger partial charge is 0.238 e. The van der Waals surface area contributed by atoms with E-state index in [2.05, 4.69) is 0 Å². The quantitative estimate of drug-likeness (QED) is 0.599. The molecule has 0 aliphatic heterocycles. The molecule has 0 unspecified atom stereocenters. The SMILES string of the molecule is CCCN(CC(=O)N(Cc1cccn1C)C1CC1)S(=O)(=O)/C=C/c1ccccc1. The molecule has 0 bridgehead atoms. The third-order valence-corrected chi connectivity index (χ3v) is 6.58. The Morgan fingerprint density at radius 3 is 2.48 bits per heavy atom. The summed E-state index contributed by atoms with van der Waals surface area (Å²) in [7, 11) is -1.74. The van der Waals surface area contributed by atoms with Crippen molar-refractivity contribution in [1.82, 2.24) is 13.8 Å². The Labute approximate surface area is 173 Å². The topological polar surface area (TPSA) is 62.6 Å². The van der Waals surface area contributed by atoms with Crippen LogP contribution in [0.4, 0.5) is 0 Å². The van der Waals surface area contributed by atoms with Gasteiger partial charge >= 0.3 is 0 Å².